The zero-order valence-electron chi connectivity index (χ0n) is 11.6. The monoisotopic (exact) mass is 239 g/mol. The lowest BCUT2D eigenvalue weighted by atomic mass is 9.85. The van der Waals surface area contributed by atoms with Crippen molar-refractivity contribution >= 4 is 0 Å². The first-order valence-electron chi connectivity index (χ1n) is 7.37. The Morgan fingerprint density at radius 1 is 1.24 bits per heavy atom. The van der Waals surface area contributed by atoms with Crippen molar-refractivity contribution in [3.8, 4) is 0 Å². The van der Waals surface area contributed by atoms with E-state index in [1.807, 2.05) is 0 Å². The maximum Gasteiger partial charge on any atom is 0.0218 e. The third-order valence-electron chi connectivity index (χ3n) is 4.67. The second-order valence-corrected chi connectivity index (χ2v) is 6.09. The van der Waals surface area contributed by atoms with Gasteiger partial charge in [0.1, 0.15) is 0 Å². The summed E-state index contributed by atoms with van der Waals surface area (Å²) in [6, 6.07) is 1.24. The SMILES string of the molecule is CCC1CN(CC2CCCC(N)C2)CCN1C. The Hall–Kier alpha value is -0.120. The zero-order chi connectivity index (χ0) is 12.3. The summed E-state index contributed by atoms with van der Waals surface area (Å²) in [5.74, 6) is 0.861. The highest BCUT2D eigenvalue weighted by molar-refractivity contribution is 4.83. The van der Waals surface area contributed by atoms with E-state index in [4.69, 9.17) is 5.73 Å². The van der Waals surface area contributed by atoms with Gasteiger partial charge in [-0.25, -0.2) is 0 Å². The molecule has 1 aliphatic heterocycles. The van der Waals surface area contributed by atoms with E-state index in [2.05, 4.69) is 23.8 Å². The molecule has 3 heteroatoms. The molecule has 100 valence electrons. The molecule has 3 nitrogen and oxygen atoms in total. The highest BCUT2D eigenvalue weighted by Gasteiger charge is 2.26. The minimum absolute atomic E-state index is 0.475. The van der Waals surface area contributed by atoms with Crippen LogP contribution in [0.25, 0.3) is 0 Å². The summed E-state index contributed by atoms with van der Waals surface area (Å²) < 4.78 is 0. The highest BCUT2D eigenvalue weighted by Crippen LogP contribution is 2.24. The summed E-state index contributed by atoms with van der Waals surface area (Å²) >= 11 is 0. The lowest BCUT2D eigenvalue weighted by molar-refractivity contribution is 0.0747. The molecule has 3 atom stereocenters. The van der Waals surface area contributed by atoms with E-state index in [0.29, 0.717) is 6.04 Å². The zero-order valence-corrected chi connectivity index (χ0v) is 11.6. The summed E-state index contributed by atoms with van der Waals surface area (Å²) in [6.45, 7) is 7.34. The number of hydrogen-bond acceptors (Lipinski definition) is 3. The lowest BCUT2D eigenvalue weighted by Gasteiger charge is -2.41. The molecule has 0 bridgehead atoms. The first-order valence-corrected chi connectivity index (χ1v) is 7.37. The molecule has 0 radical (unpaired) electrons. The van der Waals surface area contributed by atoms with E-state index in [1.54, 1.807) is 0 Å². The van der Waals surface area contributed by atoms with Crippen molar-refractivity contribution in [2.24, 2.45) is 11.7 Å². The number of likely N-dealkylation sites (N-methyl/N-ethyl adjacent to an activating group) is 1. The maximum absolute atomic E-state index is 6.08. The van der Waals surface area contributed by atoms with Gasteiger partial charge in [0, 0.05) is 38.3 Å². The van der Waals surface area contributed by atoms with Gasteiger partial charge < -0.3 is 15.5 Å². The van der Waals surface area contributed by atoms with Crippen LogP contribution in [-0.2, 0) is 0 Å². The quantitative estimate of drug-likeness (QED) is 0.811. The number of piperazine rings is 1. The summed E-state index contributed by atoms with van der Waals surface area (Å²) in [4.78, 5) is 5.19. The Bertz CT molecular complexity index is 232. The van der Waals surface area contributed by atoms with E-state index in [9.17, 15) is 0 Å². The number of rotatable bonds is 3. The molecular formula is C14H29N3. The molecule has 17 heavy (non-hydrogen) atoms. The normalized spacial score (nSPS) is 37.2. The Morgan fingerprint density at radius 2 is 2.06 bits per heavy atom. The minimum Gasteiger partial charge on any atom is -0.328 e. The molecule has 1 saturated carbocycles. The van der Waals surface area contributed by atoms with Crippen LogP contribution in [0.4, 0.5) is 0 Å². The summed E-state index contributed by atoms with van der Waals surface area (Å²) in [7, 11) is 2.27. The topological polar surface area (TPSA) is 32.5 Å². The van der Waals surface area contributed by atoms with E-state index in [0.717, 1.165) is 12.0 Å². The Morgan fingerprint density at radius 3 is 2.76 bits per heavy atom. The Balaban J connectivity index is 1.78. The number of nitrogens with two attached hydrogens (primary N) is 1. The molecule has 0 aromatic rings. The summed E-state index contributed by atoms with van der Waals surface area (Å²) in [5.41, 5.74) is 6.08. The van der Waals surface area contributed by atoms with Gasteiger partial charge in [0.15, 0.2) is 0 Å². The Kier molecular flexibility index (Phi) is 4.83. The van der Waals surface area contributed by atoms with Gasteiger partial charge in [-0.15, -0.1) is 0 Å². The van der Waals surface area contributed by atoms with Crippen LogP contribution in [0.5, 0.6) is 0 Å². The molecule has 2 fully saturated rings. The van der Waals surface area contributed by atoms with E-state index >= 15 is 0 Å². The first-order chi connectivity index (χ1) is 8.19. The fraction of sp³-hybridized carbons (Fsp3) is 1.00. The van der Waals surface area contributed by atoms with Crippen LogP contribution in [-0.4, -0.2) is 55.1 Å². The van der Waals surface area contributed by atoms with Gasteiger partial charge in [0.05, 0.1) is 0 Å². The largest absolute Gasteiger partial charge is 0.328 e. The molecule has 2 N–H and O–H groups in total. The molecule has 0 spiro atoms. The van der Waals surface area contributed by atoms with Crippen LogP contribution in [0, 0.1) is 5.92 Å². The highest BCUT2D eigenvalue weighted by atomic mass is 15.3. The second kappa shape index (κ2) is 6.17. The molecule has 0 amide bonds. The number of nitrogens with zero attached hydrogens (tertiary/aromatic N) is 2. The molecule has 2 aliphatic rings. The minimum atomic E-state index is 0.475. The van der Waals surface area contributed by atoms with Gasteiger partial charge in [-0.05, 0) is 38.6 Å². The number of hydrogen-bond donors (Lipinski definition) is 1. The lowest BCUT2D eigenvalue weighted by Crippen LogP contribution is -2.52. The van der Waals surface area contributed by atoms with E-state index in [1.165, 1.54) is 58.3 Å². The van der Waals surface area contributed by atoms with Crippen LogP contribution < -0.4 is 5.73 Å². The summed E-state index contributed by atoms with van der Waals surface area (Å²) in [6.07, 6.45) is 6.52. The van der Waals surface area contributed by atoms with Crippen molar-refractivity contribution in [1.29, 1.82) is 0 Å². The molecule has 1 heterocycles. The van der Waals surface area contributed by atoms with Crippen molar-refractivity contribution < 1.29 is 0 Å². The molecule has 1 aliphatic carbocycles. The molecule has 3 unspecified atom stereocenters. The average molecular weight is 239 g/mol. The molecule has 0 aromatic carbocycles. The van der Waals surface area contributed by atoms with Crippen molar-refractivity contribution in [3.63, 3.8) is 0 Å². The third kappa shape index (κ3) is 3.67. The van der Waals surface area contributed by atoms with Crippen molar-refractivity contribution in [2.45, 2.75) is 51.1 Å². The van der Waals surface area contributed by atoms with Gasteiger partial charge in [0.2, 0.25) is 0 Å². The first kappa shape index (κ1) is 13.3. The van der Waals surface area contributed by atoms with Gasteiger partial charge in [-0.3, -0.25) is 0 Å². The van der Waals surface area contributed by atoms with Crippen LogP contribution in [0.15, 0.2) is 0 Å². The third-order valence-corrected chi connectivity index (χ3v) is 4.67. The van der Waals surface area contributed by atoms with E-state index < -0.39 is 0 Å². The average Bonchev–Trinajstić information content (AvgIpc) is 2.32. The summed E-state index contributed by atoms with van der Waals surface area (Å²) in [5, 5.41) is 0. The van der Waals surface area contributed by atoms with Crippen LogP contribution in [0.3, 0.4) is 0 Å². The van der Waals surface area contributed by atoms with Gasteiger partial charge in [-0.1, -0.05) is 13.3 Å². The van der Waals surface area contributed by atoms with Gasteiger partial charge >= 0.3 is 0 Å². The smallest absolute Gasteiger partial charge is 0.0218 e. The van der Waals surface area contributed by atoms with E-state index in [-0.39, 0.29) is 0 Å². The standard InChI is InChI=1S/C14H29N3/c1-3-14-11-17(8-7-16(14)2)10-12-5-4-6-13(15)9-12/h12-14H,3-11,15H2,1-2H3. The Labute approximate surface area is 106 Å². The van der Waals surface area contributed by atoms with Gasteiger partial charge in [-0.2, -0.15) is 0 Å². The van der Waals surface area contributed by atoms with Crippen LogP contribution in [0.2, 0.25) is 0 Å². The van der Waals surface area contributed by atoms with Crippen LogP contribution in [0.1, 0.15) is 39.0 Å². The maximum atomic E-state index is 6.08. The predicted octanol–water partition coefficient (Wildman–Crippen LogP) is 1.53. The molecule has 0 aromatic heterocycles. The predicted molar refractivity (Wildman–Crippen MR) is 73.1 cm³/mol. The van der Waals surface area contributed by atoms with Crippen molar-refractivity contribution in [3.05, 3.63) is 0 Å². The molecular weight excluding hydrogens is 210 g/mol. The second-order valence-electron chi connectivity index (χ2n) is 6.09. The fourth-order valence-corrected chi connectivity index (χ4v) is 3.48. The van der Waals surface area contributed by atoms with Crippen LogP contribution >= 0.6 is 0 Å². The van der Waals surface area contributed by atoms with Crippen molar-refractivity contribution in [1.82, 2.24) is 9.80 Å². The van der Waals surface area contributed by atoms with Gasteiger partial charge in [0.25, 0.3) is 0 Å². The molecule has 2 rings (SSSR count). The van der Waals surface area contributed by atoms with Crippen molar-refractivity contribution in [2.75, 3.05) is 33.2 Å². The fourth-order valence-electron chi connectivity index (χ4n) is 3.48. The molecule has 1 saturated heterocycles.